The van der Waals surface area contributed by atoms with E-state index in [1.54, 1.807) is 12.1 Å². The molecule has 0 aromatic heterocycles. The molecule has 0 spiro atoms. The highest BCUT2D eigenvalue weighted by molar-refractivity contribution is 5.64. The lowest BCUT2D eigenvalue weighted by Crippen LogP contribution is -2.07. The van der Waals surface area contributed by atoms with Crippen molar-refractivity contribution in [2.75, 3.05) is 0 Å². The number of alkyl halides is 3. The normalized spacial score (nSPS) is 11.6. The van der Waals surface area contributed by atoms with E-state index in [4.69, 9.17) is 0 Å². The standard InChI is InChI=1S/C14H10F4/c1-9-2-4-10(5-3-9)11-6-7-12(13(15)8-11)14(16,17)18/h2-8H,1H3. The molecule has 0 atom stereocenters. The summed E-state index contributed by atoms with van der Waals surface area (Å²) in [5, 5.41) is 0. The Kier molecular flexibility index (Phi) is 3.11. The number of hydrogen-bond acceptors (Lipinski definition) is 0. The van der Waals surface area contributed by atoms with Crippen molar-refractivity contribution in [3.63, 3.8) is 0 Å². The van der Waals surface area contributed by atoms with Crippen molar-refractivity contribution in [1.82, 2.24) is 0 Å². The average molecular weight is 254 g/mol. The van der Waals surface area contributed by atoms with Crippen molar-refractivity contribution < 1.29 is 17.6 Å². The Morgan fingerprint density at radius 3 is 1.89 bits per heavy atom. The summed E-state index contributed by atoms with van der Waals surface area (Å²) in [6.07, 6.45) is -4.66. The SMILES string of the molecule is Cc1ccc(-c2ccc(C(F)(F)F)c(F)c2)cc1. The zero-order valence-corrected chi connectivity index (χ0v) is 9.55. The van der Waals surface area contributed by atoms with Crippen molar-refractivity contribution >= 4 is 0 Å². The maximum Gasteiger partial charge on any atom is 0.419 e. The van der Waals surface area contributed by atoms with Crippen molar-refractivity contribution in [3.8, 4) is 11.1 Å². The van der Waals surface area contributed by atoms with Crippen LogP contribution in [0.15, 0.2) is 42.5 Å². The second-order valence-electron chi connectivity index (χ2n) is 4.06. The predicted molar refractivity (Wildman–Crippen MR) is 61.6 cm³/mol. The van der Waals surface area contributed by atoms with Gasteiger partial charge in [0.15, 0.2) is 0 Å². The van der Waals surface area contributed by atoms with Crippen LogP contribution in [0.5, 0.6) is 0 Å². The molecule has 0 aliphatic rings. The molecular formula is C14H10F4. The minimum atomic E-state index is -4.66. The predicted octanol–water partition coefficient (Wildman–Crippen LogP) is 4.82. The molecule has 0 saturated carbocycles. The minimum absolute atomic E-state index is 0.431. The van der Waals surface area contributed by atoms with E-state index in [-0.39, 0.29) is 0 Å². The lowest BCUT2D eigenvalue weighted by molar-refractivity contribution is -0.139. The summed E-state index contributed by atoms with van der Waals surface area (Å²) in [6.45, 7) is 1.90. The number of aryl methyl sites for hydroxylation is 1. The van der Waals surface area contributed by atoms with Crippen LogP contribution in [0.2, 0.25) is 0 Å². The van der Waals surface area contributed by atoms with Gasteiger partial charge in [0, 0.05) is 0 Å². The van der Waals surface area contributed by atoms with Crippen LogP contribution in [-0.4, -0.2) is 0 Å². The topological polar surface area (TPSA) is 0 Å². The van der Waals surface area contributed by atoms with Crippen LogP contribution in [0, 0.1) is 12.7 Å². The zero-order chi connectivity index (χ0) is 13.3. The quantitative estimate of drug-likeness (QED) is 0.640. The lowest BCUT2D eigenvalue weighted by Gasteiger charge is -2.09. The molecule has 0 amide bonds. The molecule has 2 aromatic rings. The van der Waals surface area contributed by atoms with E-state index in [0.717, 1.165) is 17.7 Å². The van der Waals surface area contributed by atoms with Gasteiger partial charge >= 0.3 is 6.18 Å². The fourth-order valence-corrected chi connectivity index (χ4v) is 1.67. The smallest absolute Gasteiger partial charge is 0.206 e. The molecule has 0 radical (unpaired) electrons. The fraction of sp³-hybridized carbons (Fsp3) is 0.143. The van der Waals surface area contributed by atoms with E-state index >= 15 is 0 Å². The summed E-state index contributed by atoms with van der Waals surface area (Å²) in [7, 11) is 0. The van der Waals surface area contributed by atoms with Crippen LogP contribution in [0.4, 0.5) is 17.6 Å². The maximum absolute atomic E-state index is 13.4. The van der Waals surface area contributed by atoms with Crippen LogP contribution in [0.3, 0.4) is 0 Å². The van der Waals surface area contributed by atoms with E-state index in [0.29, 0.717) is 11.1 Å². The number of rotatable bonds is 1. The van der Waals surface area contributed by atoms with Crippen LogP contribution in [0.25, 0.3) is 11.1 Å². The summed E-state index contributed by atoms with van der Waals surface area (Å²) >= 11 is 0. The molecule has 0 unspecified atom stereocenters. The molecule has 0 aliphatic carbocycles. The van der Waals surface area contributed by atoms with Gasteiger partial charge in [-0.25, -0.2) is 4.39 Å². The Bertz CT molecular complexity index is 553. The highest BCUT2D eigenvalue weighted by atomic mass is 19.4. The molecular weight excluding hydrogens is 244 g/mol. The van der Waals surface area contributed by atoms with E-state index < -0.39 is 17.6 Å². The third-order valence-electron chi connectivity index (χ3n) is 2.66. The summed E-state index contributed by atoms with van der Waals surface area (Å²) in [6, 6.07) is 10.1. The van der Waals surface area contributed by atoms with Crippen LogP contribution in [0.1, 0.15) is 11.1 Å². The van der Waals surface area contributed by atoms with Crippen molar-refractivity contribution in [2.45, 2.75) is 13.1 Å². The monoisotopic (exact) mass is 254 g/mol. The van der Waals surface area contributed by atoms with Gasteiger partial charge in [-0.15, -0.1) is 0 Å². The first-order chi connectivity index (χ1) is 8.38. The third-order valence-corrected chi connectivity index (χ3v) is 2.66. The number of benzene rings is 2. The van der Waals surface area contributed by atoms with E-state index in [1.165, 1.54) is 6.07 Å². The first-order valence-electron chi connectivity index (χ1n) is 5.32. The molecule has 18 heavy (non-hydrogen) atoms. The lowest BCUT2D eigenvalue weighted by atomic mass is 10.0. The Hall–Kier alpha value is -1.84. The van der Waals surface area contributed by atoms with Gasteiger partial charge in [0.25, 0.3) is 0 Å². The van der Waals surface area contributed by atoms with Gasteiger partial charge in [0.05, 0.1) is 5.56 Å². The van der Waals surface area contributed by atoms with Crippen molar-refractivity contribution in [2.24, 2.45) is 0 Å². The Morgan fingerprint density at radius 1 is 0.833 bits per heavy atom. The van der Waals surface area contributed by atoms with E-state index in [1.807, 2.05) is 19.1 Å². The molecule has 0 nitrogen and oxygen atoms in total. The van der Waals surface area contributed by atoms with E-state index in [9.17, 15) is 17.6 Å². The van der Waals surface area contributed by atoms with Crippen molar-refractivity contribution in [3.05, 3.63) is 59.4 Å². The summed E-state index contributed by atoms with van der Waals surface area (Å²) in [4.78, 5) is 0. The van der Waals surface area contributed by atoms with Gasteiger partial charge in [-0.1, -0.05) is 35.9 Å². The van der Waals surface area contributed by atoms with Gasteiger partial charge in [0.2, 0.25) is 0 Å². The number of hydrogen-bond donors (Lipinski definition) is 0. The van der Waals surface area contributed by atoms with E-state index in [2.05, 4.69) is 0 Å². The Balaban J connectivity index is 2.43. The first kappa shape index (κ1) is 12.6. The molecule has 2 rings (SSSR count). The number of halogens is 4. The van der Waals surface area contributed by atoms with Gasteiger partial charge < -0.3 is 0 Å². The maximum atomic E-state index is 13.4. The highest BCUT2D eigenvalue weighted by Gasteiger charge is 2.33. The fourth-order valence-electron chi connectivity index (χ4n) is 1.67. The van der Waals surface area contributed by atoms with Crippen LogP contribution < -0.4 is 0 Å². The first-order valence-corrected chi connectivity index (χ1v) is 5.32. The van der Waals surface area contributed by atoms with Crippen LogP contribution in [-0.2, 0) is 6.18 Å². The largest absolute Gasteiger partial charge is 0.419 e. The highest BCUT2D eigenvalue weighted by Crippen LogP contribution is 2.33. The zero-order valence-electron chi connectivity index (χ0n) is 9.55. The Morgan fingerprint density at radius 2 is 1.39 bits per heavy atom. The summed E-state index contributed by atoms with van der Waals surface area (Å²) in [5.74, 6) is -1.25. The minimum Gasteiger partial charge on any atom is -0.206 e. The molecule has 94 valence electrons. The van der Waals surface area contributed by atoms with Crippen LogP contribution >= 0.6 is 0 Å². The molecule has 2 aromatic carbocycles. The average Bonchev–Trinajstić information content (AvgIpc) is 2.28. The second-order valence-corrected chi connectivity index (χ2v) is 4.06. The molecule has 0 fully saturated rings. The molecule has 4 heteroatoms. The third kappa shape index (κ3) is 2.53. The molecule has 0 bridgehead atoms. The summed E-state index contributed by atoms with van der Waals surface area (Å²) in [5.41, 5.74) is 0.915. The molecule has 0 saturated heterocycles. The molecule has 0 aliphatic heterocycles. The van der Waals surface area contributed by atoms with Crippen molar-refractivity contribution in [1.29, 1.82) is 0 Å². The second kappa shape index (κ2) is 4.44. The molecule has 0 N–H and O–H groups in total. The van der Waals surface area contributed by atoms with Gasteiger partial charge in [-0.3, -0.25) is 0 Å². The van der Waals surface area contributed by atoms with Gasteiger partial charge in [-0.2, -0.15) is 13.2 Å². The Labute approximate surface area is 102 Å². The molecule has 0 heterocycles. The van der Waals surface area contributed by atoms with Gasteiger partial charge in [-0.05, 0) is 30.2 Å². The summed E-state index contributed by atoms with van der Waals surface area (Å²) < 4.78 is 50.6. The van der Waals surface area contributed by atoms with Gasteiger partial charge in [0.1, 0.15) is 5.82 Å².